The van der Waals surface area contributed by atoms with Crippen molar-refractivity contribution in [2.75, 3.05) is 0 Å². The zero-order chi connectivity index (χ0) is 12.0. The van der Waals surface area contributed by atoms with Gasteiger partial charge in [0.2, 0.25) is 0 Å². The van der Waals surface area contributed by atoms with Crippen LogP contribution < -0.4 is 5.73 Å². The fraction of sp³-hybridized carbons (Fsp3) is 0.143. The van der Waals surface area contributed by atoms with Crippen LogP contribution in [0.5, 0.6) is 0 Å². The van der Waals surface area contributed by atoms with Gasteiger partial charge in [0, 0.05) is 11.3 Å². The Bertz CT molecular complexity index is 442. The summed E-state index contributed by atoms with van der Waals surface area (Å²) in [5, 5.41) is 0. The van der Waals surface area contributed by atoms with Crippen molar-refractivity contribution in [3.05, 3.63) is 65.5 Å². The standard InChI is InChI=1S/C14H16FN/c1-3-4-5-8-11(2)14(16)12-9-6-7-10-13(12)15/h3-10H,16H2,1-2H3/b4-3-,8-5-,14-11+. The predicted octanol–water partition coefficient (Wildman–Crippen LogP) is 3.65. The molecule has 0 fully saturated rings. The lowest BCUT2D eigenvalue weighted by atomic mass is 10.1. The van der Waals surface area contributed by atoms with E-state index < -0.39 is 0 Å². The maximum atomic E-state index is 13.4. The second kappa shape index (κ2) is 5.91. The zero-order valence-electron chi connectivity index (χ0n) is 9.57. The summed E-state index contributed by atoms with van der Waals surface area (Å²) < 4.78 is 13.4. The van der Waals surface area contributed by atoms with E-state index in [2.05, 4.69) is 0 Å². The predicted molar refractivity (Wildman–Crippen MR) is 67.1 cm³/mol. The molecular formula is C14H16FN. The van der Waals surface area contributed by atoms with E-state index in [-0.39, 0.29) is 5.82 Å². The molecule has 0 aliphatic heterocycles. The third kappa shape index (κ3) is 3.09. The van der Waals surface area contributed by atoms with Crippen molar-refractivity contribution >= 4 is 5.70 Å². The molecule has 2 heteroatoms. The van der Waals surface area contributed by atoms with Crippen molar-refractivity contribution in [1.29, 1.82) is 0 Å². The Kier molecular flexibility index (Phi) is 4.52. The molecule has 0 aliphatic rings. The number of rotatable bonds is 3. The maximum Gasteiger partial charge on any atom is 0.132 e. The van der Waals surface area contributed by atoms with E-state index in [4.69, 9.17) is 5.73 Å². The molecule has 0 bridgehead atoms. The van der Waals surface area contributed by atoms with Crippen LogP contribution in [0.1, 0.15) is 19.4 Å². The summed E-state index contributed by atoms with van der Waals surface area (Å²) in [7, 11) is 0. The summed E-state index contributed by atoms with van der Waals surface area (Å²) in [6, 6.07) is 6.51. The second-order valence-electron chi connectivity index (χ2n) is 3.46. The fourth-order valence-corrected chi connectivity index (χ4v) is 1.29. The van der Waals surface area contributed by atoms with E-state index in [1.165, 1.54) is 6.07 Å². The van der Waals surface area contributed by atoms with Gasteiger partial charge in [-0.3, -0.25) is 0 Å². The van der Waals surface area contributed by atoms with Crippen molar-refractivity contribution in [3.63, 3.8) is 0 Å². The number of hydrogen-bond acceptors (Lipinski definition) is 1. The highest BCUT2D eigenvalue weighted by molar-refractivity contribution is 5.68. The van der Waals surface area contributed by atoms with E-state index in [1.807, 2.05) is 38.2 Å². The van der Waals surface area contributed by atoms with Crippen LogP contribution in [0.2, 0.25) is 0 Å². The first kappa shape index (κ1) is 12.2. The van der Waals surface area contributed by atoms with Crippen LogP contribution in [0.25, 0.3) is 5.70 Å². The SMILES string of the molecule is C\C=C/C=C\C(C)=C(\N)c1ccccc1F. The molecule has 0 aromatic heterocycles. The Morgan fingerprint density at radius 1 is 1.25 bits per heavy atom. The smallest absolute Gasteiger partial charge is 0.132 e. The largest absolute Gasteiger partial charge is 0.398 e. The Morgan fingerprint density at radius 3 is 2.56 bits per heavy atom. The highest BCUT2D eigenvalue weighted by Gasteiger charge is 2.04. The fourth-order valence-electron chi connectivity index (χ4n) is 1.29. The lowest BCUT2D eigenvalue weighted by molar-refractivity contribution is 0.623. The van der Waals surface area contributed by atoms with Gasteiger partial charge in [-0.1, -0.05) is 36.4 Å². The van der Waals surface area contributed by atoms with E-state index in [0.717, 1.165) is 5.57 Å². The molecule has 1 rings (SSSR count). The van der Waals surface area contributed by atoms with Gasteiger partial charge >= 0.3 is 0 Å². The van der Waals surface area contributed by atoms with E-state index in [1.54, 1.807) is 18.2 Å². The highest BCUT2D eigenvalue weighted by Crippen LogP contribution is 2.17. The summed E-state index contributed by atoms with van der Waals surface area (Å²) in [5.41, 5.74) is 7.66. The lowest BCUT2D eigenvalue weighted by Crippen LogP contribution is -2.01. The van der Waals surface area contributed by atoms with Crippen LogP contribution in [0.4, 0.5) is 4.39 Å². The molecule has 0 spiro atoms. The third-order valence-electron chi connectivity index (χ3n) is 2.24. The zero-order valence-corrected chi connectivity index (χ0v) is 9.57. The van der Waals surface area contributed by atoms with Gasteiger partial charge in [-0.2, -0.15) is 0 Å². The van der Waals surface area contributed by atoms with Crippen molar-refractivity contribution < 1.29 is 4.39 Å². The van der Waals surface area contributed by atoms with E-state index in [9.17, 15) is 4.39 Å². The first-order valence-corrected chi connectivity index (χ1v) is 5.17. The van der Waals surface area contributed by atoms with Crippen molar-refractivity contribution in [1.82, 2.24) is 0 Å². The summed E-state index contributed by atoms with van der Waals surface area (Å²) in [6.07, 6.45) is 7.56. The molecule has 0 unspecified atom stereocenters. The molecule has 0 radical (unpaired) electrons. The minimum absolute atomic E-state index is 0.293. The summed E-state index contributed by atoms with van der Waals surface area (Å²) in [5.74, 6) is -0.293. The molecule has 84 valence electrons. The molecule has 16 heavy (non-hydrogen) atoms. The van der Waals surface area contributed by atoms with Crippen molar-refractivity contribution in [3.8, 4) is 0 Å². The molecule has 1 aromatic carbocycles. The first-order valence-electron chi connectivity index (χ1n) is 5.17. The average Bonchev–Trinajstić information content (AvgIpc) is 2.29. The molecular weight excluding hydrogens is 201 g/mol. The number of hydrogen-bond donors (Lipinski definition) is 1. The number of nitrogens with two attached hydrogens (primary N) is 1. The van der Waals surface area contributed by atoms with Crippen molar-refractivity contribution in [2.24, 2.45) is 5.73 Å². The average molecular weight is 217 g/mol. The van der Waals surface area contributed by atoms with Gasteiger partial charge in [-0.05, 0) is 31.6 Å². The molecule has 0 atom stereocenters. The van der Waals surface area contributed by atoms with Gasteiger partial charge in [0.25, 0.3) is 0 Å². The van der Waals surface area contributed by atoms with Gasteiger partial charge in [-0.25, -0.2) is 4.39 Å². The first-order chi connectivity index (χ1) is 7.66. The summed E-state index contributed by atoms with van der Waals surface area (Å²) >= 11 is 0. The van der Waals surface area contributed by atoms with Gasteiger partial charge in [0.15, 0.2) is 0 Å². The summed E-state index contributed by atoms with van der Waals surface area (Å²) in [4.78, 5) is 0. The number of allylic oxidation sites excluding steroid dienone is 5. The second-order valence-corrected chi connectivity index (χ2v) is 3.46. The van der Waals surface area contributed by atoms with Gasteiger partial charge in [0.05, 0.1) is 0 Å². The van der Waals surface area contributed by atoms with Crippen LogP contribution in [0.15, 0.2) is 54.1 Å². The Hall–Kier alpha value is -1.83. The minimum Gasteiger partial charge on any atom is -0.398 e. The highest BCUT2D eigenvalue weighted by atomic mass is 19.1. The van der Waals surface area contributed by atoms with Gasteiger partial charge in [-0.15, -0.1) is 0 Å². The quantitative estimate of drug-likeness (QED) is 0.768. The molecule has 0 heterocycles. The maximum absolute atomic E-state index is 13.4. The number of benzene rings is 1. The topological polar surface area (TPSA) is 26.0 Å². The Morgan fingerprint density at radius 2 is 1.94 bits per heavy atom. The number of halogens is 1. The Balaban J connectivity index is 3.04. The van der Waals surface area contributed by atoms with Crippen LogP contribution in [0.3, 0.4) is 0 Å². The molecule has 0 saturated heterocycles. The van der Waals surface area contributed by atoms with Crippen molar-refractivity contribution in [2.45, 2.75) is 13.8 Å². The molecule has 1 aromatic rings. The van der Waals surface area contributed by atoms with Gasteiger partial charge < -0.3 is 5.73 Å². The summed E-state index contributed by atoms with van der Waals surface area (Å²) in [6.45, 7) is 3.80. The van der Waals surface area contributed by atoms with E-state index in [0.29, 0.717) is 11.3 Å². The molecule has 0 aliphatic carbocycles. The monoisotopic (exact) mass is 217 g/mol. The molecule has 0 amide bonds. The molecule has 0 saturated carbocycles. The lowest BCUT2D eigenvalue weighted by Gasteiger charge is -2.05. The minimum atomic E-state index is -0.293. The van der Waals surface area contributed by atoms with Crippen LogP contribution in [-0.4, -0.2) is 0 Å². The third-order valence-corrected chi connectivity index (χ3v) is 2.24. The van der Waals surface area contributed by atoms with Crippen LogP contribution >= 0.6 is 0 Å². The van der Waals surface area contributed by atoms with Crippen LogP contribution in [-0.2, 0) is 0 Å². The molecule has 1 nitrogen and oxygen atoms in total. The Labute approximate surface area is 95.8 Å². The van der Waals surface area contributed by atoms with Crippen LogP contribution in [0, 0.1) is 5.82 Å². The normalized spacial score (nSPS) is 13.4. The molecule has 2 N–H and O–H groups in total. The van der Waals surface area contributed by atoms with Gasteiger partial charge in [0.1, 0.15) is 5.82 Å². The van der Waals surface area contributed by atoms with E-state index >= 15 is 0 Å².